The summed E-state index contributed by atoms with van der Waals surface area (Å²) in [6.45, 7) is 2.34. The number of anilines is 1. The number of rotatable bonds is 7. The van der Waals surface area contributed by atoms with E-state index in [1.807, 2.05) is 42.3 Å². The van der Waals surface area contributed by atoms with Crippen LogP contribution in [0, 0.1) is 0 Å². The van der Waals surface area contributed by atoms with E-state index in [0.29, 0.717) is 29.3 Å². The highest BCUT2D eigenvalue weighted by Gasteiger charge is 2.20. The van der Waals surface area contributed by atoms with Crippen LogP contribution >= 0.6 is 0 Å². The van der Waals surface area contributed by atoms with Crippen LogP contribution in [-0.2, 0) is 11.3 Å². The normalized spacial score (nSPS) is 12.3. The van der Waals surface area contributed by atoms with Crippen molar-refractivity contribution in [2.24, 2.45) is 0 Å². The summed E-state index contributed by atoms with van der Waals surface area (Å²) < 4.78 is 16.0. The first-order chi connectivity index (χ1) is 14.9. The van der Waals surface area contributed by atoms with Gasteiger partial charge in [-0.1, -0.05) is 18.2 Å². The van der Waals surface area contributed by atoms with Crippen molar-refractivity contribution in [3.63, 3.8) is 0 Å². The fourth-order valence-corrected chi connectivity index (χ4v) is 3.64. The molecule has 0 spiro atoms. The maximum absolute atomic E-state index is 12.6. The Morgan fingerprint density at radius 3 is 2.48 bits per heavy atom. The van der Waals surface area contributed by atoms with Crippen LogP contribution in [0.25, 0.3) is 10.8 Å². The molecule has 0 radical (unpaired) electrons. The number of fused-ring (bicyclic) bond motifs is 2. The van der Waals surface area contributed by atoms with Gasteiger partial charge >= 0.3 is 0 Å². The van der Waals surface area contributed by atoms with E-state index in [2.05, 4.69) is 11.4 Å². The van der Waals surface area contributed by atoms with Crippen molar-refractivity contribution in [3.05, 3.63) is 59.7 Å². The van der Waals surface area contributed by atoms with Gasteiger partial charge in [-0.15, -0.1) is 0 Å². The molecule has 7 heteroatoms. The Morgan fingerprint density at radius 1 is 1.03 bits per heavy atom. The van der Waals surface area contributed by atoms with E-state index in [4.69, 9.17) is 14.2 Å². The van der Waals surface area contributed by atoms with Gasteiger partial charge in [0.1, 0.15) is 5.75 Å². The molecule has 160 valence electrons. The zero-order valence-electron chi connectivity index (χ0n) is 17.7. The summed E-state index contributed by atoms with van der Waals surface area (Å²) in [7, 11) is 3.53. The number of nitrogens with zero attached hydrogens (tertiary/aromatic N) is 1. The first-order valence-electron chi connectivity index (χ1n) is 9.92. The zero-order valence-corrected chi connectivity index (χ0v) is 17.7. The van der Waals surface area contributed by atoms with Crippen LogP contribution < -0.4 is 19.5 Å². The van der Waals surface area contributed by atoms with E-state index >= 15 is 0 Å². The first kappa shape index (κ1) is 20.7. The smallest absolute Gasteiger partial charge is 0.238 e. The Hall–Kier alpha value is -3.58. The zero-order chi connectivity index (χ0) is 22.0. The lowest BCUT2D eigenvalue weighted by Gasteiger charge is -2.18. The third kappa shape index (κ3) is 4.62. The molecule has 1 N–H and O–H groups in total. The Balaban J connectivity index is 1.42. The molecule has 0 aliphatic carbocycles. The van der Waals surface area contributed by atoms with Crippen molar-refractivity contribution in [2.75, 3.05) is 32.8 Å². The first-order valence-corrected chi connectivity index (χ1v) is 9.92. The number of carbonyl (C=O) groups is 2. The number of amides is 1. The quantitative estimate of drug-likeness (QED) is 0.585. The van der Waals surface area contributed by atoms with Gasteiger partial charge in [-0.05, 0) is 54.6 Å². The monoisotopic (exact) mass is 420 g/mol. The Labute approximate surface area is 180 Å². The van der Waals surface area contributed by atoms with E-state index < -0.39 is 0 Å². The number of benzene rings is 3. The standard InChI is InChI=1S/C24H24N2O5/c1-15(27)20-10-22-23(31-14-30-22)11-21(20)25-24(28)13-26(2)12-16-4-5-18-9-19(29-3)7-6-17(18)8-16/h4-11H,12-14H2,1-3H3,(H,25,28). The summed E-state index contributed by atoms with van der Waals surface area (Å²) >= 11 is 0. The second-order valence-corrected chi connectivity index (χ2v) is 7.58. The van der Waals surface area contributed by atoms with Gasteiger partial charge in [0.25, 0.3) is 0 Å². The van der Waals surface area contributed by atoms with E-state index in [-0.39, 0.29) is 25.0 Å². The largest absolute Gasteiger partial charge is 0.497 e. The van der Waals surface area contributed by atoms with Crippen molar-refractivity contribution >= 4 is 28.2 Å². The topological polar surface area (TPSA) is 77.1 Å². The molecule has 1 aliphatic heterocycles. The molecular weight excluding hydrogens is 396 g/mol. The highest BCUT2D eigenvalue weighted by molar-refractivity contribution is 6.05. The van der Waals surface area contributed by atoms with Crippen LogP contribution in [0.3, 0.4) is 0 Å². The lowest BCUT2D eigenvalue weighted by Crippen LogP contribution is -2.30. The molecule has 0 unspecified atom stereocenters. The van der Waals surface area contributed by atoms with Crippen molar-refractivity contribution in [3.8, 4) is 17.2 Å². The summed E-state index contributed by atoms with van der Waals surface area (Å²) in [5, 5.41) is 5.04. The van der Waals surface area contributed by atoms with Crippen LogP contribution in [-0.4, -0.2) is 44.1 Å². The number of hydrogen-bond acceptors (Lipinski definition) is 6. The van der Waals surface area contributed by atoms with Crippen molar-refractivity contribution in [1.82, 2.24) is 4.90 Å². The van der Waals surface area contributed by atoms with Crippen LogP contribution in [0.2, 0.25) is 0 Å². The van der Waals surface area contributed by atoms with Gasteiger partial charge in [0, 0.05) is 18.2 Å². The molecule has 1 heterocycles. The third-order valence-electron chi connectivity index (χ3n) is 5.14. The van der Waals surface area contributed by atoms with Gasteiger partial charge in [0.2, 0.25) is 12.7 Å². The van der Waals surface area contributed by atoms with E-state index in [9.17, 15) is 9.59 Å². The summed E-state index contributed by atoms with van der Waals surface area (Å²) in [6.07, 6.45) is 0. The van der Waals surface area contributed by atoms with E-state index in [1.54, 1.807) is 19.2 Å². The van der Waals surface area contributed by atoms with Gasteiger partial charge in [-0.3, -0.25) is 14.5 Å². The van der Waals surface area contributed by atoms with Gasteiger partial charge in [-0.2, -0.15) is 0 Å². The number of methoxy groups -OCH3 is 1. The summed E-state index contributed by atoms with van der Waals surface area (Å²) in [5.41, 5.74) is 1.92. The number of carbonyl (C=O) groups excluding carboxylic acids is 2. The van der Waals surface area contributed by atoms with Crippen LogP contribution in [0.5, 0.6) is 17.2 Å². The number of ether oxygens (including phenoxy) is 3. The minimum Gasteiger partial charge on any atom is -0.497 e. The predicted octanol–water partition coefficient (Wildman–Crippen LogP) is 3.85. The number of hydrogen-bond donors (Lipinski definition) is 1. The number of nitrogens with one attached hydrogen (secondary N) is 1. The lowest BCUT2D eigenvalue weighted by atomic mass is 10.1. The van der Waals surface area contributed by atoms with Gasteiger partial charge in [0.05, 0.1) is 19.3 Å². The molecule has 0 saturated heterocycles. The molecule has 3 aromatic carbocycles. The second kappa shape index (κ2) is 8.65. The molecule has 0 atom stereocenters. The minimum atomic E-state index is -0.214. The molecule has 0 aromatic heterocycles. The molecule has 0 bridgehead atoms. The lowest BCUT2D eigenvalue weighted by molar-refractivity contribution is -0.117. The maximum atomic E-state index is 12.6. The highest BCUT2D eigenvalue weighted by atomic mass is 16.7. The van der Waals surface area contributed by atoms with Gasteiger partial charge < -0.3 is 19.5 Å². The Kier molecular flexibility index (Phi) is 5.77. The van der Waals surface area contributed by atoms with Crippen molar-refractivity contribution in [2.45, 2.75) is 13.5 Å². The van der Waals surface area contributed by atoms with E-state index in [1.165, 1.54) is 6.92 Å². The summed E-state index contributed by atoms with van der Waals surface area (Å²) in [4.78, 5) is 26.5. The second-order valence-electron chi connectivity index (χ2n) is 7.58. The minimum absolute atomic E-state index is 0.103. The average molecular weight is 420 g/mol. The Morgan fingerprint density at radius 2 is 1.74 bits per heavy atom. The maximum Gasteiger partial charge on any atom is 0.238 e. The molecule has 7 nitrogen and oxygen atoms in total. The molecule has 0 saturated carbocycles. The number of ketones is 1. The molecule has 1 amide bonds. The molecule has 0 fully saturated rings. The molecule has 1 aliphatic rings. The number of Topliss-reactive ketones (excluding diaryl/α,β-unsaturated/α-hetero) is 1. The molecule has 3 aromatic rings. The summed E-state index contributed by atoms with van der Waals surface area (Å²) in [6, 6.07) is 15.4. The van der Waals surface area contributed by atoms with Crippen LogP contribution in [0.4, 0.5) is 5.69 Å². The van der Waals surface area contributed by atoms with Gasteiger partial charge in [0.15, 0.2) is 17.3 Å². The number of likely N-dealkylation sites (N-methyl/N-ethyl adjacent to an activating group) is 1. The molecule has 31 heavy (non-hydrogen) atoms. The van der Waals surface area contributed by atoms with Crippen molar-refractivity contribution < 1.29 is 23.8 Å². The van der Waals surface area contributed by atoms with Gasteiger partial charge in [-0.25, -0.2) is 0 Å². The molecular formula is C24H24N2O5. The SMILES string of the molecule is COc1ccc2cc(CN(C)CC(=O)Nc3cc4c(cc3C(C)=O)OCO4)ccc2c1. The fraction of sp³-hybridized carbons (Fsp3) is 0.250. The highest BCUT2D eigenvalue weighted by Crippen LogP contribution is 2.37. The summed E-state index contributed by atoms with van der Waals surface area (Å²) in [5.74, 6) is 1.47. The third-order valence-corrected chi connectivity index (χ3v) is 5.14. The average Bonchev–Trinajstić information content (AvgIpc) is 3.19. The van der Waals surface area contributed by atoms with Crippen LogP contribution in [0.1, 0.15) is 22.8 Å². The van der Waals surface area contributed by atoms with E-state index in [0.717, 1.165) is 22.1 Å². The van der Waals surface area contributed by atoms with Crippen molar-refractivity contribution in [1.29, 1.82) is 0 Å². The molecule has 4 rings (SSSR count). The van der Waals surface area contributed by atoms with Crippen LogP contribution in [0.15, 0.2) is 48.5 Å². The Bertz CT molecular complexity index is 1160. The predicted molar refractivity (Wildman–Crippen MR) is 118 cm³/mol. The fourth-order valence-electron chi connectivity index (χ4n) is 3.64.